The molecule has 0 radical (unpaired) electrons. The van der Waals surface area contributed by atoms with Gasteiger partial charge in [-0.05, 0) is 19.3 Å². The quantitative estimate of drug-likeness (QED) is 0.767. The van der Waals surface area contributed by atoms with E-state index in [1.165, 1.54) is 0 Å². The van der Waals surface area contributed by atoms with Crippen molar-refractivity contribution in [3.05, 3.63) is 11.7 Å². The number of aryl methyl sites for hydroxylation is 1. The Bertz CT molecular complexity index is 257. The first-order chi connectivity index (χ1) is 6.13. The molecule has 1 heterocycles. The molecule has 0 saturated carbocycles. The summed E-state index contributed by atoms with van der Waals surface area (Å²) in [6, 6.07) is 0. The summed E-state index contributed by atoms with van der Waals surface area (Å²) in [4.78, 5) is 4.18. The lowest BCUT2D eigenvalue weighted by Gasteiger charge is -2.11. The standard InChI is InChI=1S/C9H17N3O/c1-6(2)4-8(5-10)9-11-7(3)12-13-9/h6,8H,4-5,10H2,1-3H3. The van der Waals surface area contributed by atoms with Crippen LogP contribution in [0, 0.1) is 12.8 Å². The second kappa shape index (κ2) is 4.37. The fraction of sp³-hybridized carbons (Fsp3) is 0.778. The van der Waals surface area contributed by atoms with Crippen LogP contribution in [0.25, 0.3) is 0 Å². The molecule has 1 atom stereocenters. The van der Waals surface area contributed by atoms with Crippen LogP contribution in [0.15, 0.2) is 4.52 Å². The van der Waals surface area contributed by atoms with E-state index in [1.54, 1.807) is 0 Å². The Hall–Kier alpha value is -0.900. The zero-order valence-electron chi connectivity index (χ0n) is 8.45. The van der Waals surface area contributed by atoms with Crippen molar-refractivity contribution in [1.29, 1.82) is 0 Å². The largest absolute Gasteiger partial charge is 0.339 e. The Labute approximate surface area is 78.5 Å². The molecule has 1 aromatic heterocycles. The Morgan fingerprint density at radius 3 is 2.54 bits per heavy atom. The van der Waals surface area contributed by atoms with E-state index in [0.717, 1.165) is 6.42 Å². The highest BCUT2D eigenvalue weighted by Gasteiger charge is 2.17. The van der Waals surface area contributed by atoms with E-state index in [-0.39, 0.29) is 5.92 Å². The summed E-state index contributed by atoms with van der Waals surface area (Å²) in [7, 11) is 0. The summed E-state index contributed by atoms with van der Waals surface area (Å²) < 4.78 is 5.08. The maximum Gasteiger partial charge on any atom is 0.231 e. The first-order valence-electron chi connectivity index (χ1n) is 4.63. The Morgan fingerprint density at radius 2 is 2.15 bits per heavy atom. The second-order valence-electron chi connectivity index (χ2n) is 3.74. The molecule has 1 unspecified atom stereocenters. The molecule has 13 heavy (non-hydrogen) atoms. The van der Waals surface area contributed by atoms with Gasteiger partial charge >= 0.3 is 0 Å². The molecule has 74 valence electrons. The maximum absolute atomic E-state index is 5.63. The molecule has 0 spiro atoms. The minimum absolute atomic E-state index is 0.209. The lowest BCUT2D eigenvalue weighted by Crippen LogP contribution is -2.15. The van der Waals surface area contributed by atoms with Crippen molar-refractivity contribution in [2.24, 2.45) is 11.7 Å². The van der Waals surface area contributed by atoms with Gasteiger partial charge < -0.3 is 10.3 Å². The topological polar surface area (TPSA) is 64.9 Å². The smallest absolute Gasteiger partial charge is 0.231 e. The van der Waals surface area contributed by atoms with Crippen LogP contribution in [0.5, 0.6) is 0 Å². The number of rotatable bonds is 4. The van der Waals surface area contributed by atoms with Crippen molar-refractivity contribution in [2.45, 2.75) is 33.1 Å². The monoisotopic (exact) mass is 183 g/mol. The average Bonchev–Trinajstić information content (AvgIpc) is 2.47. The molecular weight excluding hydrogens is 166 g/mol. The number of aromatic nitrogens is 2. The molecule has 2 N–H and O–H groups in total. The zero-order chi connectivity index (χ0) is 9.84. The molecule has 0 aliphatic heterocycles. The molecular formula is C9H17N3O. The Balaban J connectivity index is 2.66. The van der Waals surface area contributed by atoms with Gasteiger partial charge in [0.1, 0.15) is 0 Å². The summed E-state index contributed by atoms with van der Waals surface area (Å²) in [6.45, 7) is 6.70. The van der Waals surface area contributed by atoms with Gasteiger partial charge in [-0.3, -0.25) is 0 Å². The van der Waals surface area contributed by atoms with Gasteiger partial charge in [-0.2, -0.15) is 4.98 Å². The van der Waals surface area contributed by atoms with Gasteiger partial charge in [0, 0.05) is 6.54 Å². The van der Waals surface area contributed by atoms with E-state index in [2.05, 4.69) is 24.0 Å². The molecule has 0 bridgehead atoms. The molecule has 0 aliphatic rings. The van der Waals surface area contributed by atoms with Gasteiger partial charge in [0.2, 0.25) is 5.89 Å². The van der Waals surface area contributed by atoms with Crippen LogP contribution in [-0.4, -0.2) is 16.7 Å². The van der Waals surface area contributed by atoms with Gasteiger partial charge in [0.25, 0.3) is 0 Å². The first kappa shape index (κ1) is 10.2. The fourth-order valence-corrected chi connectivity index (χ4v) is 1.35. The number of hydrogen-bond acceptors (Lipinski definition) is 4. The third kappa shape index (κ3) is 2.81. The summed E-state index contributed by atoms with van der Waals surface area (Å²) in [5.41, 5.74) is 5.63. The van der Waals surface area contributed by atoms with Crippen LogP contribution < -0.4 is 5.73 Å². The van der Waals surface area contributed by atoms with Crippen LogP contribution >= 0.6 is 0 Å². The lowest BCUT2D eigenvalue weighted by atomic mass is 9.97. The third-order valence-electron chi connectivity index (χ3n) is 1.93. The van der Waals surface area contributed by atoms with Crippen molar-refractivity contribution in [1.82, 2.24) is 10.1 Å². The average molecular weight is 183 g/mol. The SMILES string of the molecule is Cc1noc(C(CN)CC(C)C)n1. The van der Waals surface area contributed by atoms with E-state index in [0.29, 0.717) is 24.2 Å². The molecule has 1 rings (SSSR count). The Kier molecular flexibility index (Phi) is 3.42. The molecule has 0 amide bonds. The molecule has 0 aliphatic carbocycles. The van der Waals surface area contributed by atoms with Gasteiger partial charge in [0.15, 0.2) is 5.82 Å². The maximum atomic E-state index is 5.63. The summed E-state index contributed by atoms with van der Waals surface area (Å²) in [6.07, 6.45) is 0.998. The second-order valence-corrected chi connectivity index (χ2v) is 3.74. The predicted molar refractivity (Wildman–Crippen MR) is 50.3 cm³/mol. The van der Waals surface area contributed by atoms with Crippen LogP contribution in [0.1, 0.15) is 37.9 Å². The van der Waals surface area contributed by atoms with E-state index in [1.807, 2.05) is 6.92 Å². The normalized spacial score (nSPS) is 13.6. The van der Waals surface area contributed by atoms with Crippen molar-refractivity contribution in [2.75, 3.05) is 6.54 Å². The van der Waals surface area contributed by atoms with E-state index < -0.39 is 0 Å². The first-order valence-corrected chi connectivity index (χ1v) is 4.63. The third-order valence-corrected chi connectivity index (χ3v) is 1.93. The predicted octanol–water partition coefficient (Wildman–Crippen LogP) is 1.47. The van der Waals surface area contributed by atoms with Crippen LogP contribution in [0.2, 0.25) is 0 Å². The summed E-state index contributed by atoms with van der Waals surface area (Å²) in [5.74, 6) is 2.16. The van der Waals surface area contributed by atoms with E-state index in [9.17, 15) is 0 Å². The van der Waals surface area contributed by atoms with Crippen molar-refractivity contribution in [3.63, 3.8) is 0 Å². The van der Waals surface area contributed by atoms with Crippen LogP contribution in [0.3, 0.4) is 0 Å². The molecule has 0 aromatic carbocycles. The minimum Gasteiger partial charge on any atom is -0.339 e. The van der Waals surface area contributed by atoms with Gasteiger partial charge in [0.05, 0.1) is 5.92 Å². The van der Waals surface area contributed by atoms with Crippen molar-refractivity contribution in [3.8, 4) is 0 Å². The van der Waals surface area contributed by atoms with Crippen molar-refractivity contribution < 1.29 is 4.52 Å². The Morgan fingerprint density at radius 1 is 1.46 bits per heavy atom. The van der Waals surface area contributed by atoms with Gasteiger partial charge in [-0.25, -0.2) is 0 Å². The van der Waals surface area contributed by atoms with Crippen molar-refractivity contribution >= 4 is 0 Å². The molecule has 0 saturated heterocycles. The number of hydrogen-bond donors (Lipinski definition) is 1. The summed E-state index contributed by atoms with van der Waals surface area (Å²) in [5, 5.41) is 3.75. The molecule has 1 aromatic rings. The molecule has 4 nitrogen and oxygen atoms in total. The van der Waals surface area contributed by atoms with E-state index >= 15 is 0 Å². The number of nitrogens with two attached hydrogens (primary N) is 1. The lowest BCUT2D eigenvalue weighted by molar-refractivity contribution is 0.332. The fourth-order valence-electron chi connectivity index (χ4n) is 1.35. The highest BCUT2D eigenvalue weighted by Crippen LogP contribution is 2.20. The molecule has 4 heteroatoms. The highest BCUT2D eigenvalue weighted by atomic mass is 16.5. The summed E-state index contributed by atoms with van der Waals surface area (Å²) >= 11 is 0. The zero-order valence-corrected chi connectivity index (χ0v) is 8.45. The molecule has 0 fully saturated rings. The van der Waals surface area contributed by atoms with Crippen LogP contribution in [0.4, 0.5) is 0 Å². The van der Waals surface area contributed by atoms with Gasteiger partial charge in [-0.1, -0.05) is 19.0 Å². The van der Waals surface area contributed by atoms with E-state index in [4.69, 9.17) is 10.3 Å². The van der Waals surface area contributed by atoms with Crippen LogP contribution in [-0.2, 0) is 0 Å². The minimum atomic E-state index is 0.209. The highest BCUT2D eigenvalue weighted by molar-refractivity contribution is 4.93. The number of nitrogens with zero attached hydrogens (tertiary/aromatic N) is 2. The van der Waals surface area contributed by atoms with Gasteiger partial charge in [-0.15, -0.1) is 0 Å².